The van der Waals surface area contributed by atoms with Crippen LogP contribution in [0.15, 0.2) is 29.2 Å². The van der Waals surface area contributed by atoms with Crippen molar-refractivity contribution in [3.63, 3.8) is 0 Å². The number of carbonyl (C=O) groups excluding carboxylic acids is 2. The number of ether oxygens (including phenoxy) is 3. The lowest BCUT2D eigenvalue weighted by atomic mass is 9.96. The fourth-order valence-electron chi connectivity index (χ4n) is 5.00. The van der Waals surface area contributed by atoms with Crippen molar-refractivity contribution in [2.45, 2.75) is 45.8 Å². The molecule has 11 heteroatoms. The summed E-state index contributed by atoms with van der Waals surface area (Å²) in [7, 11) is 8.94. The lowest BCUT2D eigenvalue weighted by Crippen LogP contribution is -2.43. The number of methoxy groups -OCH3 is 2. The zero-order chi connectivity index (χ0) is 30.1. The van der Waals surface area contributed by atoms with Crippen LogP contribution in [-0.2, 0) is 23.1 Å². The first-order valence-corrected chi connectivity index (χ1v) is 14.4. The second-order valence-electron chi connectivity index (χ2n) is 11.6. The maximum absolute atomic E-state index is 13.2. The molecule has 0 bridgehead atoms. The fraction of sp³-hybridized carbons (Fsp3) is 0.500. The maximum atomic E-state index is 13.2. The van der Waals surface area contributed by atoms with Crippen molar-refractivity contribution in [1.82, 2.24) is 14.4 Å². The SMILES string of the molecule is COc1cc(-c2cn(C)c(=O)c3cc(NC(=O)C4CCN(C(=O)OC(C)(C)C)CC4)sc23)cc(OC)c1CN(C)C.[HH]. The Kier molecular flexibility index (Phi) is 8.98. The number of thiophene rings is 1. The Balaban J connectivity index is 0.00000484. The van der Waals surface area contributed by atoms with Gasteiger partial charge in [0.05, 0.1) is 34.9 Å². The molecule has 1 fully saturated rings. The van der Waals surface area contributed by atoms with E-state index < -0.39 is 5.60 Å². The minimum atomic E-state index is -0.563. The van der Waals surface area contributed by atoms with Crippen molar-refractivity contribution >= 4 is 38.4 Å². The third-order valence-electron chi connectivity index (χ3n) is 7.01. The second kappa shape index (κ2) is 12.1. The van der Waals surface area contributed by atoms with Crippen molar-refractivity contribution in [2.24, 2.45) is 13.0 Å². The smallest absolute Gasteiger partial charge is 0.410 e. The quantitative estimate of drug-likeness (QED) is 0.407. The molecule has 41 heavy (non-hydrogen) atoms. The van der Waals surface area contributed by atoms with E-state index in [0.29, 0.717) is 54.4 Å². The van der Waals surface area contributed by atoms with Crippen molar-refractivity contribution in [2.75, 3.05) is 46.7 Å². The van der Waals surface area contributed by atoms with E-state index in [9.17, 15) is 14.4 Å². The Bertz CT molecular complexity index is 1480. The highest BCUT2D eigenvalue weighted by Crippen LogP contribution is 2.41. The number of nitrogens with one attached hydrogen (secondary N) is 1. The first-order valence-electron chi connectivity index (χ1n) is 13.6. The van der Waals surface area contributed by atoms with Gasteiger partial charge in [-0.3, -0.25) is 9.59 Å². The summed E-state index contributed by atoms with van der Waals surface area (Å²) in [5.41, 5.74) is 1.91. The second-order valence-corrected chi connectivity index (χ2v) is 12.7. The van der Waals surface area contributed by atoms with Crippen LogP contribution in [-0.4, -0.2) is 73.4 Å². The largest absolute Gasteiger partial charge is 0.496 e. The molecule has 2 amide bonds. The van der Waals surface area contributed by atoms with Crippen LogP contribution < -0.4 is 20.3 Å². The normalized spacial score (nSPS) is 14.4. The monoisotopic (exact) mass is 586 g/mol. The molecule has 0 radical (unpaired) electrons. The summed E-state index contributed by atoms with van der Waals surface area (Å²) in [5.74, 6) is 1.03. The lowest BCUT2D eigenvalue weighted by molar-refractivity contribution is -0.121. The number of hydrogen-bond donors (Lipinski definition) is 1. The van der Waals surface area contributed by atoms with E-state index in [2.05, 4.69) is 5.32 Å². The summed E-state index contributed by atoms with van der Waals surface area (Å²) in [4.78, 5) is 42.4. The molecular weight excluding hydrogens is 544 g/mol. The van der Waals surface area contributed by atoms with E-state index in [1.807, 2.05) is 51.9 Å². The van der Waals surface area contributed by atoms with Gasteiger partial charge in [-0.05, 0) is 71.5 Å². The van der Waals surface area contributed by atoms with Gasteiger partial charge in [0.15, 0.2) is 0 Å². The van der Waals surface area contributed by atoms with Gasteiger partial charge < -0.3 is 33.9 Å². The summed E-state index contributed by atoms with van der Waals surface area (Å²) in [6.07, 6.45) is 2.54. The van der Waals surface area contributed by atoms with Gasteiger partial charge in [0.25, 0.3) is 5.56 Å². The predicted octanol–water partition coefficient (Wildman–Crippen LogP) is 5.18. The third-order valence-corrected chi connectivity index (χ3v) is 8.09. The van der Waals surface area contributed by atoms with E-state index in [0.717, 1.165) is 21.4 Å². The van der Waals surface area contributed by atoms with E-state index >= 15 is 0 Å². The molecule has 3 heterocycles. The zero-order valence-corrected chi connectivity index (χ0v) is 25.9. The molecule has 0 saturated carbocycles. The van der Waals surface area contributed by atoms with Gasteiger partial charge >= 0.3 is 6.09 Å². The number of anilines is 1. The summed E-state index contributed by atoms with van der Waals surface area (Å²) in [6, 6.07) is 5.66. The van der Waals surface area contributed by atoms with Crippen molar-refractivity contribution < 1.29 is 25.2 Å². The van der Waals surface area contributed by atoms with E-state index in [1.54, 1.807) is 43.0 Å². The number of rotatable bonds is 7. The van der Waals surface area contributed by atoms with Crippen LogP contribution in [0.2, 0.25) is 0 Å². The summed E-state index contributed by atoms with van der Waals surface area (Å²) >= 11 is 1.37. The summed E-state index contributed by atoms with van der Waals surface area (Å²) < 4.78 is 19.2. The van der Waals surface area contributed by atoms with Gasteiger partial charge in [-0.2, -0.15) is 0 Å². The molecular formula is C30H42N4O6S. The molecule has 1 N–H and O–H groups in total. The fourth-order valence-corrected chi connectivity index (χ4v) is 6.09. The van der Waals surface area contributed by atoms with Gasteiger partial charge in [-0.25, -0.2) is 4.79 Å². The minimum Gasteiger partial charge on any atom is -0.496 e. The molecule has 1 aliphatic rings. The number of benzene rings is 1. The molecule has 1 aromatic carbocycles. The first-order chi connectivity index (χ1) is 19.3. The van der Waals surface area contributed by atoms with Gasteiger partial charge in [0.1, 0.15) is 17.1 Å². The first kappa shape index (κ1) is 30.4. The summed E-state index contributed by atoms with van der Waals surface area (Å²) in [5, 5.41) is 4.16. The van der Waals surface area contributed by atoms with Crippen LogP contribution in [0.3, 0.4) is 0 Å². The van der Waals surface area contributed by atoms with Crippen LogP contribution in [0.4, 0.5) is 9.80 Å². The molecule has 0 unspecified atom stereocenters. The van der Waals surface area contributed by atoms with Crippen LogP contribution in [0.25, 0.3) is 21.2 Å². The molecule has 1 saturated heterocycles. The van der Waals surface area contributed by atoms with Crippen molar-refractivity contribution in [3.05, 3.63) is 40.3 Å². The van der Waals surface area contributed by atoms with Crippen LogP contribution in [0.5, 0.6) is 11.5 Å². The highest BCUT2D eigenvalue weighted by molar-refractivity contribution is 7.23. The molecule has 0 atom stereocenters. The Hall–Kier alpha value is -3.57. The number of aryl methyl sites for hydroxylation is 1. The Morgan fingerprint density at radius 2 is 1.71 bits per heavy atom. The number of hydrogen-bond acceptors (Lipinski definition) is 8. The maximum Gasteiger partial charge on any atom is 0.410 e. The zero-order valence-electron chi connectivity index (χ0n) is 25.1. The molecule has 10 nitrogen and oxygen atoms in total. The standard InChI is InChI=1S/C30H40N4O6S.H2/c1-30(2,3)40-29(37)34-11-9-18(10-12-34)27(35)31-25-15-20-26(41-25)21(17-33(6)28(20)36)19-13-23(38-7)22(16-32(4)5)24(14-19)39-8;/h13-15,17-18H,9-12,16H2,1-8H3,(H,31,35);1H. The van der Waals surface area contributed by atoms with Crippen LogP contribution in [0, 0.1) is 5.92 Å². The number of carbonyl (C=O) groups is 2. The molecule has 0 aliphatic carbocycles. The van der Waals surface area contributed by atoms with Crippen molar-refractivity contribution in [3.8, 4) is 22.6 Å². The average Bonchev–Trinajstić information content (AvgIpc) is 3.33. The number of pyridine rings is 1. The third kappa shape index (κ3) is 6.84. The molecule has 2 aromatic heterocycles. The molecule has 1 aliphatic heterocycles. The van der Waals surface area contributed by atoms with Gasteiger partial charge in [-0.1, -0.05) is 0 Å². The molecule has 3 aromatic rings. The number of piperidine rings is 1. The van der Waals surface area contributed by atoms with Crippen LogP contribution >= 0.6 is 11.3 Å². The Labute approximate surface area is 246 Å². The van der Waals surface area contributed by atoms with Crippen molar-refractivity contribution in [1.29, 1.82) is 0 Å². The number of amides is 2. The van der Waals surface area contributed by atoms with Crippen LogP contribution in [0.1, 0.15) is 40.6 Å². The number of aromatic nitrogens is 1. The lowest BCUT2D eigenvalue weighted by Gasteiger charge is -2.32. The van der Waals surface area contributed by atoms with Gasteiger partial charge in [0.2, 0.25) is 5.91 Å². The Morgan fingerprint density at radius 1 is 1.10 bits per heavy atom. The molecule has 0 spiro atoms. The topological polar surface area (TPSA) is 102 Å². The average molecular weight is 587 g/mol. The highest BCUT2D eigenvalue weighted by atomic mass is 32.1. The highest BCUT2D eigenvalue weighted by Gasteiger charge is 2.30. The van der Waals surface area contributed by atoms with E-state index in [-0.39, 0.29) is 24.9 Å². The number of likely N-dealkylation sites (tertiary alicyclic amines) is 1. The van der Waals surface area contributed by atoms with E-state index in [1.165, 1.54) is 11.3 Å². The Morgan fingerprint density at radius 3 is 2.24 bits per heavy atom. The van der Waals surface area contributed by atoms with Gasteiger partial charge in [0, 0.05) is 45.8 Å². The molecule has 224 valence electrons. The number of nitrogens with zero attached hydrogens (tertiary/aromatic N) is 3. The summed E-state index contributed by atoms with van der Waals surface area (Å²) in [6.45, 7) is 7.06. The number of fused-ring (bicyclic) bond motifs is 1. The molecule has 4 rings (SSSR count). The minimum absolute atomic E-state index is 0. The predicted molar refractivity (Wildman–Crippen MR) is 164 cm³/mol. The van der Waals surface area contributed by atoms with E-state index in [4.69, 9.17) is 14.2 Å². The van der Waals surface area contributed by atoms with Gasteiger partial charge in [-0.15, -0.1) is 11.3 Å².